The molecule has 1 aromatic rings. The lowest BCUT2D eigenvalue weighted by molar-refractivity contribution is -0.384. The van der Waals surface area contributed by atoms with E-state index in [-0.39, 0.29) is 17.5 Å². The van der Waals surface area contributed by atoms with Crippen molar-refractivity contribution in [1.82, 2.24) is 5.32 Å². The highest BCUT2D eigenvalue weighted by molar-refractivity contribution is 5.78. The number of non-ortho nitro benzene ring substituents is 1. The molecule has 0 bridgehead atoms. The van der Waals surface area contributed by atoms with Gasteiger partial charge in [0.15, 0.2) is 0 Å². The maximum Gasteiger partial charge on any atom is 0.273 e. The Morgan fingerprint density at radius 1 is 1.38 bits per heavy atom. The first kappa shape index (κ1) is 15.0. The Balaban J connectivity index is 2.14. The van der Waals surface area contributed by atoms with E-state index in [0.717, 1.165) is 18.5 Å². The van der Waals surface area contributed by atoms with Crippen LogP contribution in [0.5, 0.6) is 0 Å². The van der Waals surface area contributed by atoms with E-state index in [9.17, 15) is 14.9 Å². The van der Waals surface area contributed by atoms with Crippen LogP contribution in [0.15, 0.2) is 18.2 Å². The minimum absolute atomic E-state index is 0.00567. The summed E-state index contributed by atoms with van der Waals surface area (Å²) in [6.45, 7) is 1.37. The normalized spacial score (nSPS) is 15.6. The number of nitrogen functional groups attached to an aromatic ring is 1. The molecule has 8 nitrogen and oxygen atoms in total. The fraction of sp³-hybridized carbons (Fsp3) is 0.462. The molecule has 0 atom stereocenters. The van der Waals surface area contributed by atoms with E-state index in [1.165, 1.54) is 12.1 Å². The molecule has 0 aromatic heterocycles. The summed E-state index contributed by atoms with van der Waals surface area (Å²) in [5.74, 6) is 5.42. The predicted octanol–water partition coefficient (Wildman–Crippen LogP) is 0.843. The molecule has 2 rings (SSSR count). The first-order valence-corrected chi connectivity index (χ1v) is 6.77. The van der Waals surface area contributed by atoms with Crippen molar-refractivity contribution in [2.45, 2.75) is 12.8 Å². The van der Waals surface area contributed by atoms with Crippen LogP contribution in [-0.4, -0.2) is 31.0 Å². The summed E-state index contributed by atoms with van der Waals surface area (Å²) in [6, 6.07) is 4.69. The number of benzene rings is 1. The van der Waals surface area contributed by atoms with Crippen molar-refractivity contribution in [3.05, 3.63) is 28.3 Å². The molecule has 1 aromatic carbocycles. The van der Waals surface area contributed by atoms with Crippen molar-refractivity contribution < 1.29 is 9.72 Å². The van der Waals surface area contributed by atoms with Crippen LogP contribution in [0.3, 0.4) is 0 Å². The average molecular weight is 293 g/mol. The Hall–Kier alpha value is -2.35. The second kappa shape index (κ2) is 6.40. The fourth-order valence-corrected chi connectivity index (χ4v) is 2.57. The first-order chi connectivity index (χ1) is 10.0. The van der Waals surface area contributed by atoms with Gasteiger partial charge in [0.2, 0.25) is 5.91 Å². The van der Waals surface area contributed by atoms with Crippen molar-refractivity contribution in [2.24, 2.45) is 11.8 Å². The van der Waals surface area contributed by atoms with Crippen molar-refractivity contribution in [3.8, 4) is 0 Å². The highest BCUT2D eigenvalue weighted by atomic mass is 16.6. The average Bonchev–Trinajstić information content (AvgIpc) is 2.53. The summed E-state index contributed by atoms with van der Waals surface area (Å²) in [5.41, 5.74) is 3.67. The van der Waals surface area contributed by atoms with Crippen LogP contribution in [0.1, 0.15) is 12.8 Å². The van der Waals surface area contributed by atoms with Gasteiger partial charge in [0.05, 0.1) is 10.6 Å². The standard InChI is InChI=1S/C13H19N5O3/c1-15-13(19)9-2-4-17(5-3-9)11-6-10(16-14)7-12(8-11)18(20)21/h6-9,16H,2-5,14H2,1H3,(H,15,19). The van der Waals surface area contributed by atoms with Crippen LogP contribution in [0.4, 0.5) is 17.1 Å². The van der Waals surface area contributed by atoms with Crippen molar-refractivity contribution in [1.29, 1.82) is 0 Å². The van der Waals surface area contributed by atoms with Gasteiger partial charge in [-0.1, -0.05) is 0 Å². The molecule has 0 spiro atoms. The van der Waals surface area contributed by atoms with Gasteiger partial charge in [-0.2, -0.15) is 0 Å². The molecule has 114 valence electrons. The molecule has 1 heterocycles. The fourth-order valence-electron chi connectivity index (χ4n) is 2.57. The van der Waals surface area contributed by atoms with E-state index in [1.807, 2.05) is 4.90 Å². The molecule has 4 N–H and O–H groups in total. The molecule has 1 amide bonds. The monoisotopic (exact) mass is 293 g/mol. The molecule has 0 radical (unpaired) electrons. The molecule has 0 saturated carbocycles. The zero-order valence-electron chi connectivity index (χ0n) is 11.8. The third-order valence-corrected chi connectivity index (χ3v) is 3.76. The number of anilines is 2. The van der Waals surface area contributed by atoms with Crippen LogP contribution in [0.2, 0.25) is 0 Å². The highest BCUT2D eigenvalue weighted by Crippen LogP contribution is 2.29. The number of nitrogens with two attached hydrogens (primary N) is 1. The number of carbonyl (C=O) groups excluding carboxylic acids is 1. The van der Waals surface area contributed by atoms with Crippen LogP contribution in [0, 0.1) is 16.0 Å². The van der Waals surface area contributed by atoms with E-state index in [4.69, 9.17) is 5.84 Å². The lowest BCUT2D eigenvalue weighted by atomic mass is 9.95. The maximum absolute atomic E-state index is 11.6. The molecule has 21 heavy (non-hydrogen) atoms. The Kier molecular flexibility index (Phi) is 4.59. The molecular weight excluding hydrogens is 274 g/mol. The van der Waals surface area contributed by atoms with E-state index in [1.54, 1.807) is 13.1 Å². The number of carbonyl (C=O) groups is 1. The molecule has 1 saturated heterocycles. The Morgan fingerprint density at radius 3 is 2.57 bits per heavy atom. The van der Waals surface area contributed by atoms with Gasteiger partial charge < -0.3 is 15.6 Å². The Morgan fingerprint density at radius 2 is 2.05 bits per heavy atom. The lowest BCUT2D eigenvalue weighted by Gasteiger charge is -2.32. The second-order valence-electron chi connectivity index (χ2n) is 5.02. The van der Waals surface area contributed by atoms with Gasteiger partial charge in [-0.05, 0) is 18.9 Å². The SMILES string of the molecule is CNC(=O)C1CCN(c2cc(NN)cc([N+](=O)[O-])c2)CC1. The summed E-state index contributed by atoms with van der Waals surface area (Å²) in [7, 11) is 1.63. The number of hydrazine groups is 1. The lowest BCUT2D eigenvalue weighted by Crippen LogP contribution is -2.39. The van der Waals surface area contributed by atoms with Crippen LogP contribution in [0.25, 0.3) is 0 Å². The maximum atomic E-state index is 11.6. The summed E-state index contributed by atoms with van der Waals surface area (Å²) in [6.07, 6.45) is 1.46. The van der Waals surface area contributed by atoms with Gasteiger partial charge in [0.25, 0.3) is 5.69 Å². The second-order valence-corrected chi connectivity index (χ2v) is 5.02. The zero-order chi connectivity index (χ0) is 15.4. The number of rotatable bonds is 4. The summed E-state index contributed by atoms with van der Waals surface area (Å²) in [4.78, 5) is 24.2. The predicted molar refractivity (Wildman–Crippen MR) is 79.9 cm³/mol. The first-order valence-electron chi connectivity index (χ1n) is 6.77. The molecule has 0 aliphatic carbocycles. The van der Waals surface area contributed by atoms with Crippen LogP contribution < -0.4 is 21.5 Å². The van der Waals surface area contributed by atoms with Crippen LogP contribution >= 0.6 is 0 Å². The van der Waals surface area contributed by atoms with E-state index in [0.29, 0.717) is 18.8 Å². The van der Waals surface area contributed by atoms with Crippen molar-refractivity contribution in [2.75, 3.05) is 30.5 Å². The smallest absolute Gasteiger partial charge is 0.273 e. The number of nitro benzene ring substituents is 1. The number of hydrogen-bond acceptors (Lipinski definition) is 6. The minimum Gasteiger partial charge on any atom is -0.371 e. The number of piperidine rings is 1. The molecule has 1 aliphatic rings. The molecule has 0 unspecified atom stereocenters. The van der Waals surface area contributed by atoms with Gasteiger partial charge in [-0.3, -0.25) is 20.8 Å². The number of hydrogen-bond donors (Lipinski definition) is 3. The molecule has 8 heteroatoms. The van der Waals surface area contributed by atoms with E-state index < -0.39 is 4.92 Å². The quantitative estimate of drug-likeness (QED) is 0.431. The summed E-state index contributed by atoms with van der Waals surface area (Å²) >= 11 is 0. The van der Waals surface area contributed by atoms with Crippen molar-refractivity contribution in [3.63, 3.8) is 0 Å². The largest absolute Gasteiger partial charge is 0.371 e. The molecule has 1 aliphatic heterocycles. The van der Waals surface area contributed by atoms with E-state index >= 15 is 0 Å². The summed E-state index contributed by atoms with van der Waals surface area (Å²) < 4.78 is 0. The number of nitrogens with one attached hydrogen (secondary N) is 2. The van der Waals surface area contributed by atoms with Crippen LogP contribution in [-0.2, 0) is 4.79 Å². The molecule has 1 fully saturated rings. The highest BCUT2D eigenvalue weighted by Gasteiger charge is 2.25. The zero-order valence-corrected chi connectivity index (χ0v) is 11.8. The number of nitro groups is 1. The minimum atomic E-state index is -0.443. The summed E-state index contributed by atoms with van der Waals surface area (Å²) in [5, 5.41) is 13.6. The van der Waals surface area contributed by atoms with Gasteiger partial charge in [0.1, 0.15) is 0 Å². The van der Waals surface area contributed by atoms with Gasteiger partial charge in [-0.25, -0.2) is 0 Å². The topological polar surface area (TPSA) is 114 Å². The third kappa shape index (κ3) is 3.40. The van der Waals surface area contributed by atoms with Gasteiger partial charge >= 0.3 is 0 Å². The van der Waals surface area contributed by atoms with Gasteiger partial charge in [0, 0.05) is 43.9 Å². The molecular formula is C13H19N5O3. The van der Waals surface area contributed by atoms with Gasteiger partial charge in [-0.15, -0.1) is 0 Å². The number of nitrogens with zero attached hydrogens (tertiary/aromatic N) is 2. The Bertz CT molecular complexity index is 541. The Labute approximate surface area is 122 Å². The third-order valence-electron chi connectivity index (χ3n) is 3.76. The van der Waals surface area contributed by atoms with Crippen molar-refractivity contribution >= 4 is 23.0 Å². The van der Waals surface area contributed by atoms with E-state index in [2.05, 4.69) is 10.7 Å². The number of amides is 1.